The van der Waals surface area contributed by atoms with Gasteiger partial charge in [-0.15, -0.1) is 0 Å². The minimum atomic E-state index is -0.290. The molecule has 0 atom stereocenters. The van der Waals surface area contributed by atoms with Crippen molar-refractivity contribution in [2.75, 3.05) is 0 Å². The number of aromatic nitrogens is 1. The third-order valence-corrected chi connectivity index (χ3v) is 2.68. The Bertz CT molecular complexity index is 726. The molecule has 1 aromatic heterocycles. The van der Waals surface area contributed by atoms with Crippen molar-refractivity contribution < 1.29 is 14.2 Å². The van der Waals surface area contributed by atoms with Crippen LogP contribution >= 0.6 is 0 Å². The van der Waals surface area contributed by atoms with Gasteiger partial charge >= 0.3 is 0 Å². The Morgan fingerprint density at radius 3 is 2.53 bits per heavy atom. The molecule has 0 amide bonds. The van der Waals surface area contributed by atoms with E-state index in [1.807, 2.05) is 0 Å². The molecule has 0 bridgehead atoms. The zero-order valence-electron chi connectivity index (χ0n) is 9.88. The van der Waals surface area contributed by atoms with Crippen LogP contribution < -0.4 is 4.74 Å². The maximum atomic E-state index is 13.0. The van der Waals surface area contributed by atoms with E-state index in [4.69, 9.17) is 4.74 Å². The summed E-state index contributed by atoms with van der Waals surface area (Å²) in [4.78, 5) is 4.28. The van der Waals surface area contributed by atoms with Crippen LogP contribution in [0.5, 0.6) is 17.4 Å². The fourth-order valence-electron chi connectivity index (χ4n) is 1.77. The number of ether oxygens (including phenoxy) is 1. The van der Waals surface area contributed by atoms with Crippen LogP contribution in [0.3, 0.4) is 0 Å². The lowest BCUT2D eigenvalue weighted by Crippen LogP contribution is -1.88. The third kappa shape index (κ3) is 2.47. The van der Waals surface area contributed by atoms with Crippen LogP contribution in [0.4, 0.5) is 4.39 Å². The zero-order chi connectivity index (χ0) is 13.2. The Balaban J connectivity index is 1.93. The van der Waals surface area contributed by atoms with Gasteiger partial charge in [-0.25, -0.2) is 9.37 Å². The van der Waals surface area contributed by atoms with E-state index in [9.17, 15) is 9.50 Å². The highest BCUT2D eigenvalue weighted by Crippen LogP contribution is 2.24. The van der Waals surface area contributed by atoms with E-state index in [0.29, 0.717) is 17.1 Å². The predicted molar refractivity (Wildman–Crippen MR) is 69.9 cm³/mol. The van der Waals surface area contributed by atoms with E-state index >= 15 is 0 Å². The van der Waals surface area contributed by atoms with Crippen LogP contribution in [0, 0.1) is 5.82 Å². The molecule has 2 aromatic carbocycles. The quantitative estimate of drug-likeness (QED) is 0.755. The molecule has 0 aliphatic rings. The van der Waals surface area contributed by atoms with Gasteiger partial charge in [0, 0.05) is 11.5 Å². The van der Waals surface area contributed by atoms with Crippen molar-refractivity contribution in [2.45, 2.75) is 0 Å². The Labute approximate surface area is 108 Å². The number of rotatable bonds is 2. The number of hydrogen-bond donors (Lipinski definition) is 1. The first kappa shape index (κ1) is 11.5. The summed E-state index contributed by atoms with van der Waals surface area (Å²) in [5.41, 5.74) is 0.665. The fourth-order valence-corrected chi connectivity index (χ4v) is 1.77. The third-order valence-electron chi connectivity index (χ3n) is 2.68. The molecule has 0 fully saturated rings. The molecule has 0 aliphatic carbocycles. The van der Waals surface area contributed by atoms with Crippen molar-refractivity contribution in [2.24, 2.45) is 0 Å². The first-order chi connectivity index (χ1) is 9.20. The summed E-state index contributed by atoms with van der Waals surface area (Å²) in [6, 6.07) is 14.2. The Hall–Kier alpha value is -2.62. The number of nitrogens with zero attached hydrogens (tertiary/aromatic N) is 1. The largest absolute Gasteiger partial charge is 0.508 e. The van der Waals surface area contributed by atoms with E-state index in [2.05, 4.69) is 4.98 Å². The Kier molecular flexibility index (Phi) is 2.76. The summed E-state index contributed by atoms with van der Waals surface area (Å²) in [6.45, 7) is 0. The van der Waals surface area contributed by atoms with E-state index in [0.717, 1.165) is 5.39 Å². The summed E-state index contributed by atoms with van der Waals surface area (Å²) in [7, 11) is 0. The number of phenols is 1. The fraction of sp³-hybridized carbons (Fsp3) is 0. The molecule has 1 N–H and O–H groups in total. The minimum absolute atomic E-state index is 0.175. The van der Waals surface area contributed by atoms with Crippen LogP contribution in [-0.2, 0) is 0 Å². The van der Waals surface area contributed by atoms with Gasteiger partial charge in [-0.05, 0) is 48.5 Å². The number of benzene rings is 2. The van der Waals surface area contributed by atoms with Crippen LogP contribution in [0.25, 0.3) is 10.9 Å². The van der Waals surface area contributed by atoms with Crippen molar-refractivity contribution in [3.05, 3.63) is 60.4 Å². The molecule has 0 radical (unpaired) electrons. The Morgan fingerprint density at radius 2 is 1.74 bits per heavy atom. The minimum Gasteiger partial charge on any atom is -0.508 e. The topological polar surface area (TPSA) is 42.4 Å². The predicted octanol–water partition coefficient (Wildman–Crippen LogP) is 3.87. The van der Waals surface area contributed by atoms with Gasteiger partial charge in [-0.2, -0.15) is 0 Å². The van der Waals surface area contributed by atoms with Gasteiger partial charge < -0.3 is 9.84 Å². The number of pyridine rings is 1. The molecule has 3 rings (SSSR count). The SMILES string of the molecule is Oc1ccc(Oc2ccc3cc(F)ccc3n2)cc1. The summed E-state index contributed by atoms with van der Waals surface area (Å²) < 4.78 is 18.6. The average Bonchev–Trinajstić information content (AvgIpc) is 2.42. The van der Waals surface area contributed by atoms with E-state index in [1.165, 1.54) is 24.3 Å². The first-order valence-electron chi connectivity index (χ1n) is 5.74. The lowest BCUT2D eigenvalue weighted by Gasteiger charge is -2.06. The molecule has 19 heavy (non-hydrogen) atoms. The molecule has 1 heterocycles. The summed E-state index contributed by atoms with van der Waals surface area (Å²) in [5.74, 6) is 0.882. The number of halogens is 1. The van der Waals surface area contributed by atoms with Gasteiger partial charge in [0.1, 0.15) is 17.3 Å². The normalized spacial score (nSPS) is 10.6. The van der Waals surface area contributed by atoms with Crippen molar-refractivity contribution in [1.29, 1.82) is 0 Å². The van der Waals surface area contributed by atoms with E-state index in [1.54, 1.807) is 30.3 Å². The summed E-state index contributed by atoms with van der Waals surface area (Å²) in [5, 5.41) is 9.90. The van der Waals surface area contributed by atoms with Crippen molar-refractivity contribution in [1.82, 2.24) is 4.98 Å². The monoisotopic (exact) mass is 255 g/mol. The second-order valence-corrected chi connectivity index (χ2v) is 4.08. The average molecular weight is 255 g/mol. The Morgan fingerprint density at radius 1 is 0.947 bits per heavy atom. The van der Waals surface area contributed by atoms with Crippen molar-refractivity contribution in [3.63, 3.8) is 0 Å². The van der Waals surface area contributed by atoms with Crippen LogP contribution in [0.15, 0.2) is 54.6 Å². The van der Waals surface area contributed by atoms with Crippen LogP contribution in [-0.4, -0.2) is 10.1 Å². The molecule has 3 aromatic rings. The standard InChI is InChI=1S/C15H10FNO2/c16-11-2-7-14-10(9-11)1-8-15(17-14)19-13-5-3-12(18)4-6-13/h1-9,18H. The lowest BCUT2D eigenvalue weighted by molar-refractivity contribution is 0.455. The number of fused-ring (bicyclic) bond motifs is 1. The van der Waals surface area contributed by atoms with Crippen molar-refractivity contribution >= 4 is 10.9 Å². The lowest BCUT2D eigenvalue weighted by atomic mass is 10.2. The highest BCUT2D eigenvalue weighted by Gasteiger charge is 2.02. The molecule has 0 saturated heterocycles. The second-order valence-electron chi connectivity index (χ2n) is 4.08. The maximum Gasteiger partial charge on any atom is 0.219 e. The zero-order valence-corrected chi connectivity index (χ0v) is 9.88. The number of phenolic OH excluding ortho intramolecular Hbond substituents is 1. The molecular weight excluding hydrogens is 245 g/mol. The molecule has 0 spiro atoms. The second kappa shape index (κ2) is 4.57. The van der Waals surface area contributed by atoms with Gasteiger partial charge in [0.15, 0.2) is 0 Å². The van der Waals surface area contributed by atoms with Gasteiger partial charge in [0.25, 0.3) is 0 Å². The van der Waals surface area contributed by atoms with Crippen molar-refractivity contribution in [3.8, 4) is 17.4 Å². The van der Waals surface area contributed by atoms with E-state index < -0.39 is 0 Å². The van der Waals surface area contributed by atoms with Crippen LogP contribution in [0.1, 0.15) is 0 Å². The van der Waals surface area contributed by atoms with Gasteiger partial charge in [0.2, 0.25) is 5.88 Å². The van der Waals surface area contributed by atoms with Gasteiger partial charge in [-0.1, -0.05) is 0 Å². The number of aromatic hydroxyl groups is 1. The summed E-state index contributed by atoms with van der Waals surface area (Å²) in [6.07, 6.45) is 0. The summed E-state index contributed by atoms with van der Waals surface area (Å²) >= 11 is 0. The molecule has 0 unspecified atom stereocenters. The molecule has 3 nitrogen and oxygen atoms in total. The molecule has 0 aliphatic heterocycles. The van der Waals surface area contributed by atoms with Gasteiger partial charge in [0.05, 0.1) is 5.52 Å². The molecule has 0 saturated carbocycles. The highest BCUT2D eigenvalue weighted by molar-refractivity contribution is 5.79. The molecule has 4 heteroatoms. The molecular formula is C15H10FNO2. The van der Waals surface area contributed by atoms with E-state index in [-0.39, 0.29) is 11.6 Å². The van der Waals surface area contributed by atoms with Crippen LogP contribution in [0.2, 0.25) is 0 Å². The highest BCUT2D eigenvalue weighted by atomic mass is 19.1. The molecule has 94 valence electrons. The maximum absolute atomic E-state index is 13.0. The number of hydrogen-bond acceptors (Lipinski definition) is 3. The van der Waals surface area contributed by atoms with Gasteiger partial charge in [-0.3, -0.25) is 0 Å². The first-order valence-corrected chi connectivity index (χ1v) is 5.74. The smallest absolute Gasteiger partial charge is 0.219 e.